The molecule has 0 aliphatic rings. The van der Waals surface area contributed by atoms with Gasteiger partial charge in [0, 0.05) is 11.9 Å². The van der Waals surface area contributed by atoms with Crippen LogP contribution in [0.25, 0.3) is 5.52 Å². The van der Waals surface area contributed by atoms with Crippen LogP contribution in [0, 0.1) is 0 Å². The molecule has 0 spiro atoms. The minimum Gasteiger partial charge on any atom is -0.497 e. The first kappa shape index (κ1) is 16.3. The van der Waals surface area contributed by atoms with Crippen molar-refractivity contribution < 1.29 is 14.3 Å². The number of hydrogen-bond donors (Lipinski definition) is 3. The predicted molar refractivity (Wildman–Crippen MR) is 92.3 cm³/mol. The molecule has 1 aromatic carbocycles. The molecule has 128 valence electrons. The molecule has 8 nitrogen and oxygen atoms in total. The maximum Gasteiger partial charge on any atom is 0.271 e. The molecule has 0 aliphatic carbocycles. The van der Waals surface area contributed by atoms with E-state index < -0.39 is 5.91 Å². The van der Waals surface area contributed by atoms with Gasteiger partial charge in [0.1, 0.15) is 5.75 Å². The van der Waals surface area contributed by atoms with Gasteiger partial charge in [0.25, 0.3) is 11.8 Å². The van der Waals surface area contributed by atoms with Crippen LogP contribution in [0.5, 0.6) is 5.75 Å². The van der Waals surface area contributed by atoms with E-state index in [0.29, 0.717) is 5.56 Å². The van der Waals surface area contributed by atoms with Gasteiger partial charge in [-0.1, -0.05) is 0 Å². The third kappa shape index (κ3) is 4.05. The lowest BCUT2D eigenvalue weighted by atomic mass is 10.2. The van der Waals surface area contributed by atoms with E-state index in [9.17, 15) is 9.59 Å². The number of carbonyl (C=O) groups is 2. The third-order valence-electron chi connectivity index (χ3n) is 3.53. The van der Waals surface area contributed by atoms with Gasteiger partial charge in [-0.05, 0) is 36.4 Å². The summed E-state index contributed by atoms with van der Waals surface area (Å²) in [7, 11) is 1.59. The van der Waals surface area contributed by atoms with Gasteiger partial charge in [-0.15, -0.1) is 0 Å². The number of benzene rings is 1. The molecule has 0 saturated carbocycles. The SMILES string of the molecule is COc1ccc(NCC(=O)NNC(=O)c2ccc3cncn3c2)cc1. The number of nitrogens with one attached hydrogen (secondary N) is 3. The Hall–Kier alpha value is -3.55. The molecule has 2 heterocycles. The highest BCUT2D eigenvalue weighted by Gasteiger charge is 2.08. The van der Waals surface area contributed by atoms with Crippen molar-refractivity contribution in [2.75, 3.05) is 19.0 Å². The molecule has 0 radical (unpaired) electrons. The standard InChI is InChI=1S/C17H17N5O3/c1-25-15-6-3-13(4-7-15)19-9-16(23)20-21-17(24)12-2-5-14-8-18-11-22(14)10-12/h2-8,10-11,19H,9H2,1H3,(H,20,23)(H,21,24). The number of methoxy groups -OCH3 is 1. The number of nitrogens with zero attached hydrogens (tertiary/aromatic N) is 2. The summed E-state index contributed by atoms with van der Waals surface area (Å²) in [5.41, 5.74) is 6.80. The van der Waals surface area contributed by atoms with Gasteiger partial charge in [-0.2, -0.15) is 0 Å². The molecule has 0 saturated heterocycles. The topological polar surface area (TPSA) is 96.8 Å². The number of anilines is 1. The summed E-state index contributed by atoms with van der Waals surface area (Å²) in [5, 5.41) is 2.95. The Morgan fingerprint density at radius 2 is 1.92 bits per heavy atom. The summed E-state index contributed by atoms with van der Waals surface area (Å²) >= 11 is 0. The molecule has 0 atom stereocenters. The second kappa shape index (κ2) is 7.35. The Labute approximate surface area is 143 Å². The molecule has 25 heavy (non-hydrogen) atoms. The molecule has 0 aliphatic heterocycles. The van der Waals surface area contributed by atoms with E-state index in [0.717, 1.165) is 17.0 Å². The molecule has 3 N–H and O–H groups in total. The first-order valence-corrected chi connectivity index (χ1v) is 7.54. The first-order chi connectivity index (χ1) is 12.2. The van der Waals surface area contributed by atoms with Crippen LogP contribution in [-0.2, 0) is 4.79 Å². The third-order valence-corrected chi connectivity index (χ3v) is 3.53. The predicted octanol–water partition coefficient (Wildman–Crippen LogP) is 1.22. The zero-order chi connectivity index (χ0) is 17.6. The number of amides is 2. The molecule has 2 amide bonds. The van der Waals surface area contributed by atoms with Crippen molar-refractivity contribution in [2.24, 2.45) is 0 Å². The van der Waals surface area contributed by atoms with Gasteiger partial charge in [-0.25, -0.2) is 4.98 Å². The van der Waals surface area contributed by atoms with Crippen molar-refractivity contribution in [2.45, 2.75) is 0 Å². The minimum absolute atomic E-state index is 0.0210. The summed E-state index contributed by atoms with van der Waals surface area (Å²) in [6.07, 6.45) is 4.93. The van der Waals surface area contributed by atoms with Crippen LogP contribution in [0.3, 0.4) is 0 Å². The quantitative estimate of drug-likeness (QED) is 0.607. The summed E-state index contributed by atoms with van der Waals surface area (Å²) < 4.78 is 6.79. The molecule has 3 aromatic rings. The fourth-order valence-corrected chi connectivity index (χ4v) is 2.19. The largest absolute Gasteiger partial charge is 0.497 e. The van der Waals surface area contributed by atoms with Gasteiger partial charge in [0.2, 0.25) is 0 Å². The Bertz CT molecular complexity index is 889. The number of imidazole rings is 1. The number of fused-ring (bicyclic) bond motifs is 1. The number of hydrazine groups is 1. The number of ether oxygens (including phenoxy) is 1. The van der Waals surface area contributed by atoms with E-state index in [4.69, 9.17) is 4.74 Å². The van der Waals surface area contributed by atoms with Crippen molar-refractivity contribution in [3.05, 3.63) is 60.7 Å². The molecule has 3 rings (SSSR count). The zero-order valence-electron chi connectivity index (χ0n) is 13.5. The summed E-state index contributed by atoms with van der Waals surface area (Å²) in [5.74, 6) is -0.0431. The van der Waals surface area contributed by atoms with Crippen LogP contribution < -0.4 is 20.9 Å². The van der Waals surface area contributed by atoms with Crippen LogP contribution in [0.15, 0.2) is 55.1 Å². The van der Waals surface area contributed by atoms with E-state index >= 15 is 0 Å². The maximum absolute atomic E-state index is 12.1. The van der Waals surface area contributed by atoms with E-state index in [1.54, 1.807) is 66.6 Å². The highest BCUT2D eigenvalue weighted by atomic mass is 16.5. The second-order valence-corrected chi connectivity index (χ2v) is 5.23. The number of hydrogen-bond acceptors (Lipinski definition) is 5. The average Bonchev–Trinajstić information content (AvgIpc) is 3.12. The van der Waals surface area contributed by atoms with Crippen molar-refractivity contribution in [1.29, 1.82) is 0 Å². The lowest BCUT2D eigenvalue weighted by Crippen LogP contribution is -2.44. The fraction of sp³-hybridized carbons (Fsp3) is 0.118. The molecular formula is C17H17N5O3. The Morgan fingerprint density at radius 1 is 1.12 bits per heavy atom. The van der Waals surface area contributed by atoms with Crippen LogP contribution >= 0.6 is 0 Å². The van der Waals surface area contributed by atoms with Crippen LogP contribution in [0.1, 0.15) is 10.4 Å². The lowest BCUT2D eigenvalue weighted by Gasteiger charge is -2.09. The van der Waals surface area contributed by atoms with Gasteiger partial charge >= 0.3 is 0 Å². The van der Waals surface area contributed by atoms with Crippen LogP contribution in [0.2, 0.25) is 0 Å². The number of pyridine rings is 1. The summed E-state index contributed by atoms with van der Waals surface area (Å²) in [6, 6.07) is 10.6. The van der Waals surface area contributed by atoms with Gasteiger partial charge in [-0.3, -0.25) is 20.4 Å². The Kier molecular flexibility index (Phi) is 4.79. The second-order valence-electron chi connectivity index (χ2n) is 5.23. The molecule has 0 fully saturated rings. The van der Waals surface area contributed by atoms with E-state index in [1.165, 1.54) is 0 Å². The monoisotopic (exact) mass is 339 g/mol. The number of rotatable bonds is 5. The minimum atomic E-state index is -0.409. The van der Waals surface area contributed by atoms with Crippen molar-refractivity contribution in [1.82, 2.24) is 20.2 Å². The van der Waals surface area contributed by atoms with Gasteiger partial charge in [0.05, 0.1) is 37.3 Å². The van der Waals surface area contributed by atoms with Crippen LogP contribution in [0.4, 0.5) is 5.69 Å². The Morgan fingerprint density at radius 3 is 2.68 bits per heavy atom. The van der Waals surface area contributed by atoms with Crippen molar-refractivity contribution >= 4 is 23.0 Å². The first-order valence-electron chi connectivity index (χ1n) is 7.54. The van der Waals surface area contributed by atoms with E-state index in [-0.39, 0.29) is 12.5 Å². The Balaban J connectivity index is 1.48. The smallest absolute Gasteiger partial charge is 0.271 e. The van der Waals surface area contributed by atoms with Crippen molar-refractivity contribution in [3.8, 4) is 5.75 Å². The van der Waals surface area contributed by atoms with E-state index in [2.05, 4.69) is 21.2 Å². The van der Waals surface area contributed by atoms with Gasteiger partial charge in [0.15, 0.2) is 0 Å². The molecule has 0 unspecified atom stereocenters. The molecule has 2 aromatic heterocycles. The highest BCUT2D eigenvalue weighted by Crippen LogP contribution is 2.14. The fourth-order valence-electron chi connectivity index (χ4n) is 2.19. The molecular weight excluding hydrogens is 322 g/mol. The average molecular weight is 339 g/mol. The molecule has 8 heteroatoms. The van der Waals surface area contributed by atoms with Crippen LogP contribution in [-0.4, -0.2) is 34.9 Å². The van der Waals surface area contributed by atoms with E-state index in [1.807, 2.05) is 0 Å². The summed E-state index contributed by atoms with van der Waals surface area (Å²) in [4.78, 5) is 27.9. The van der Waals surface area contributed by atoms with Crippen molar-refractivity contribution in [3.63, 3.8) is 0 Å². The number of aromatic nitrogens is 2. The summed E-state index contributed by atoms with van der Waals surface area (Å²) in [6.45, 7) is 0.0210. The normalized spacial score (nSPS) is 10.3. The number of carbonyl (C=O) groups excluding carboxylic acids is 2. The van der Waals surface area contributed by atoms with Gasteiger partial charge < -0.3 is 14.5 Å². The molecule has 0 bridgehead atoms. The zero-order valence-corrected chi connectivity index (χ0v) is 13.5. The highest BCUT2D eigenvalue weighted by molar-refractivity contribution is 5.95. The maximum atomic E-state index is 12.1. The lowest BCUT2D eigenvalue weighted by molar-refractivity contribution is -0.120.